The van der Waals surface area contributed by atoms with Gasteiger partial charge >= 0.3 is 0 Å². The van der Waals surface area contributed by atoms with Crippen LogP contribution in [0.1, 0.15) is 6.92 Å². The van der Waals surface area contributed by atoms with Crippen molar-refractivity contribution in [2.45, 2.75) is 6.92 Å². The average Bonchev–Trinajstić information content (AvgIpc) is 1.89. The van der Waals surface area contributed by atoms with Crippen LogP contribution in [0.2, 0.25) is 0 Å². The van der Waals surface area contributed by atoms with Crippen molar-refractivity contribution >= 4 is 0 Å². The summed E-state index contributed by atoms with van der Waals surface area (Å²) in [6.07, 6.45) is 0. The number of hydrogen-bond acceptors (Lipinski definition) is 3. The minimum absolute atomic E-state index is 0.935. The Kier molecular flexibility index (Phi) is 5.93. The highest BCUT2D eigenvalue weighted by Gasteiger charge is 1.90. The van der Waals surface area contributed by atoms with Crippen LogP contribution < -0.4 is 5.32 Å². The summed E-state index contributed by atoms with van der Waals surface area (Å²) in [4.78, 5) is 4.89. The molecule has 0 aromatic rings. The van der Waals surface area contributed by atoms with Crippen LogP contribution in [0.15, 0.2) is 0 Å². The standard InChI is InChI=1S/C6H16N2O/c1-4-7-5-6-8(2)9-3/h7H,4-6H2,1-3H3. The lowest BCUT2D eigenvalue weighted by Gasteiger charge is -2.12. The molecule has 0 heterocycles. The first kappa shape index (κ1) is 8.88. The van der Waals surface area contributed by atoms with Gasteiger partial charge in [0.05, 0.1) is 7.11 Å². The Labute approximate surface area is 56.9 Å². The summed E-state index contributed by atoms with van der Waals surface area (Å²) in [6.45, 7) is 5.04. The summed E-state index contributed by atoms with van der Waals surface area (Å²) >= 11 is 0. The van der Waals surface area contributed by atoms with E-state index in [1.807, 2.05) is 7.05 Å². The average molecular weight is 132 g/mol. The molecule has 1 N–H and O–H groups in total. The molecule has 3 heteroatoms. The number of nitrogens with one attached hydrogen (secondary N) is 1. The monoisotopic (exact) mass is 132 g/mol. The molecule has 56 valence electrons. The Morgan fingerprint density at radius 1 is 1.56 bits per heavy atom. The minimum atomic E-state index is 0.935. The Balaban J connectivity index is 2.88. The first-order chi connectivity index (χ1) is 4.31. The molecule has 3 nitrogen and oxygen atoms in total. The second-order valence-corrected chi connectivity index (χ2v) is 1.89. The van der Waals surface area contributed by atoms with E-state index in [9.17, 15) is 0 Å². The van der Waals surface area contributed by atoms with Crippen LogP contribution in [0.3, 0.4) is 0 Å². The SMILES string of the molecule is CCNCCN(C)OC. The molecule has 0 saturated carbocycles. The molecule has 0 aliphatic heterocycles. The van der Waals surface area contributed by atoms with Crippen LogP contribution in [0.4, 0.5) is 0 Å². The Bertz CT molecular complexity index is 59.0. The van der Waals surface area contributed by atoms with Crippen LogP contribution in [0.25, 0.3) is 0 Å². The van der Waals surface area contributed by atoms with Crippen molar-refractivity contribution in [3.05, 3.63) is 0 Å². The minimum Gasteiger partial charge on any atom is -0.316 e. The van der Waals surface area contributed by atoms with Crippen LogP contribution in [0.5, 0.6) is 0 Å². The summed E-state index contributed by atoms with van der Waals surface area (Å²) in [6, 6.07) is 0. The van der Waals surface area contributed by atoms with Gasteiger partial charge < -0.3 is 10.2 Å². The number of likely N-dealkylation sites (N-methyl/N-ethyl adjacent to an activating group) is 2. The van der Waals surface area contributed by atoms with Crippen LogP contribution >= 0.6 is 0 Å². The van der Waals surface area contributed by atoms with E-state index < -0.39 is 0 Å². The summed E-state index contributed by atoms with van der Waals surface area (Å²) in [7, 11) is 3.59. The van der Waals surface area contributed by atoms with Gasteiger partial charge in [-0.05, 0) is 6.54 Å². The molecule has 0 aliphatic carbocycles. The van der Waals surface area contributed by atoms with Crippen LogP contribution in [-0.4, -0.2) is 38.9 Å². The normalized spacial score (nSPS) is 10.7. The third kappa shape index (κ3) is 5.76. The van der Waals surface area contributed by atoms with E-state index in [2.05, 4.69) is 12.2 Å². The van der Waals surface area contributed by atoms with Gasteiger partial charge in [0.2, 0.25) is 0 Å². The maximum atomic E-state index is 4.89. The van der Waals surface area contributed by atoms with Gasteiger partial charge in [0.1, 0.15) is 0 Å². The second-order valence-electron chi connectivity index (χ2n) is 1.89. The number of rotatable bonds is 5. The van der Waals surface area contributed by atoms with Gasteiger partial charge in [-0.2, -0.15) is 5.06 Å². The van der Waals surface area contributed by atoms with Gasteiger partial charge in [-0.1, -0.05) is 6.92 Å². The highest BCUT2D eigenvalue weighted by Crippen LogP contribution is 1.76. The molecule has 0 spiro atoms. The van der Waals surface area contributed by atoms with Gasteiger partial charge in [0.25, 0.3) is 0 Å². The molecule has 0 atom stereocenters. The van der Waals surface area contributed by atoms with Gasteiger partial charge in [0, 0.05) is 20.1 Å². The van der Waals surface area contributed by atoms with E-state index in [1.54, 1.807) is 12.2 Å². The highest BCUT2D eigenvalue weighted by atomic mass is 16.7. The second kappa shape index (κ2) is 6.01. The maximum Gasteiger partial charge on any atom is 0.0575 e. The lowest BCUT2D eigenvalue weighted by atomic mass is 10.6. The van der Waals surface area contributed by atoms with Crippen LogP contribution in [0, 0.1) is 0 Å². The van der Waals surface area contributed by atoms with Crippen LogP contribution in [-0.2, 0) is 4.84 Å². The molecular weight excluding hydrogens is 116 g/mol. The quantitative estimate of drug-likeness (QED) is 0.424. The predicted octanol–water partition coefficient (Wildman–Crippen LogP) is 0.0891. The highest BCUT2D eigenvalue weighted by molar-refractivity contribution is 4.43. The van der Waals surface area contributed by atoms with Gasteiger partial charge in [-0.25, -0.2) is 0 Å². The molecule has 0 rings (SSSR count). The summed E-state index contributed by atoms with van der Waals surface area (Å²) in [5, 5.41) is 4.99. The Morgan fingerprint density at radius 3 is 2.67 bits per heavy atom. The zero-order valence-electron chi connectivity index (χ0n) is 6.48. The number of hydroxylamine groups is 2. The third-order valence-corrected chi connectivity index (χ3v) is 1.17. The Morgan fingerprint density at radius 2 is 2.22 bits per heavy atom. The fourth-order valence-electron chi connectivity index (χ4n) is 0.505. The molecule has 0 amide bonds. The first-order valence-corrected chi connectivity index (χ1v) is 3.27. The van der Waals surface area contributed by atoms with E-state index in [4.69, 9.17) is 4.84 Å². The fourth-order valence-corrected chi connectivity index (χ4v) is 0.505. The number of hydrogen-bond donors (Lipinski definition) is 1. The van der Waals surface area contributed by atoms with E-state index >= 15 is 0 Å². The molecule has 0 radical (unpaired) electrons. The van der Waals surface area contributed by atoms with E-state index in [1.165, 1.54) is 0 Å². The summed E-state index contributed by atoms with van der Waals surface area (Å²) in [5.74, 6) is 0. The van der Waals surface area contributed by atoms with Gasteiger partial charge in [-0.3, -0.25) is 0 Å². The lowest BCUT2D eigenvalue weighted by Crippen LogP contribution is -2.28. The molecule has 0 saturated heterocycles. The lowest BCUT2D eigenvalue weighted by molar-refractivity contribution is -0.107. The maximum absolute atomic E-state index is 4.89. The molecule has 0 unspecified atom stereocenters. The molecule has 0 aromatic carbocycles. The van der Waals surface area contributed by atoms with Gasteiger partial charge in [0.15, 0.2) is 0 Å². The van der Waals surface area contributed by atoms with Crippen molar-refractivity contribution in [3.8, 4) is 0 Å². The molecule has 0 aromatic heterocycles. The summed E-state index contributed by atoms with van der Waals surface area (Å²) in [5.41, 5.74) is 0. The van der Waals surface area contributed by atoms with Gasteiger partial charge in [-0.15, -0.1) is 0 Å². The smallest absolute Gasteiger partial charge is 0.0575 e. The summed E-state index contributed by atoms with van der Waals surface area (Å²) < 4.78 is 0. The largest absolute Gasteiger partial charge is 0.316 e. The fraction of sp³-hybridized carbons (Fsp3) is 1.00. The third-order valence-electron chi connectivity index (χ3n) is 1.17. The molecule has 9 heavy (non-hydrogen) atoms. The molecule has 0 aliphatic rings. The number of nitrogens with zero attached hydrogens (tertiary/aromatic N) is 1. The van der Waals surface area contributed by atoms with Crippen molar-refractivity contribution in [1.82, 2.24) is 10.4 Å². The zero-order chi connectivity index (χ0) is 7.11. The van der Waals surface area contributed by atoms with E-state index in [0.29, 0.717) is 0 Å². The molecule has 0 fully saturated rings. The molecular formula is C6H16N2O. The van der Waals surface area contributed by atoms with Crippen molar-refractivity contribution in [3.63, 3.8) is 0 Å². The van der Waals surface area contributed by atoms with E-state index in [0.717, 1.165) is 19.6 Å². The van der Waals surface area contributed by atoms with Crippen molar-refractivity contribution in [1.29, 1.82) is 0 Å². The molecule has 0 bridgehead atoms. The van der Waals surface area contributed by atoms with Crippen molar-refractivity contribution < 1.29 is 4.84 Å². The zero-order valence-corrected chi connectivity index (χ0v) is 6.48. The Hall–Kier alpha value is -0.120. The topological polar surface area (TPSA) is 24.5 Å². The van der Waals surface area contributed by atoms with E-state index in [-0.39, 0.29) is 0 Å². The first-order valence-electron chi connectivity index (χ1n) is 3.27. The van der Waals surface area contributed by atoms with Crippen molar-refractivity contribution in [2.75, 3.05) is 33.8 Å². The predicted molar refractivity (Wildman–Crippen MR) is 38.2 cm³/mol. The van der Waals surface area contributed by atoms with Crippen molar-refractivity contribution in [2.24, 2.45) is 0 Å².